The van der Waals surface area contributed by atoms with Crippen LogP contribution < -0.4 is 4.90 Å². The van der Waals surface area contributed by atoms with Crippen molar-refractivity contribution in [2.45, 2.75) is 46.8 Å². The van der Waals surface area contributed by atoms with Crippen LogP contribution in [-0.2, 0) is 25.0 Å². The number of carbonyl (C=O) groups excluding carboxylic acids is 1. The molecule has 7 heteroatoms. The Hall–Kier alpha value is -1.36. The van der Waals surface area contributed by atoms with Crippen LogP contribution in [0, 0.1) is 0 Å². The molecule has 0 radical (unpaired) electrons. The molecule has 1 aromatic carbocycles. The van der Waals surface area contributed by atoms with E-state index in [9.17, 15) is 9.36 Å². The normalized spacial score (nSPS) is 14.1. The van der Waals surface area contributed by atoms with Gasteiger partial charge < -0.3 is 13.8 Å². The SMILES string of the molecule is CCOP(=O)(CC)OCc1ccc(N(C)C(=O)OC(C)(C)C)cc1. The molecule has 24 heavy (non-hydrogen) atoms. The standard InChI is InChI=1S/C17H28NO5P/c1-7-21-24(20,8-2)22-13-14-9-11-15(12-10-14)18(6)16(19)23-17(3,4)5/h9-12H,7-8,13H2,1-6H3. The number of benzene rings is 1. The van der Waals surface area contributed by atoms with Crippen LogP contribution in [0.25, 0.3) is 0 Å². The number of rotatable bonds is 7. The topological polar surface area (TPSA) is 65.1 Å². The minimum absolute atomic E-state index is 0.196. The molecule has 0 N–H and O–H groups in total. The lowest BCUT2D eigenvalue weighted by atomic mass is 10.2. The van der Waals surface area contributed by atoms with Crippen LogP contribution in [-0.4, -0.2) is 31.5 Å². The average Bonchev–Trinajstić information content (AvgIpc) is 2.51. The maximum atomic E-state index is 12.2. The lowest BCUT2D eigenvalue weighted by Gasteiger charge is -2.24. The zero-order valence-electron chi connectivity index (χ0n) is 15.4. The molecule has 0 saturated carbocycles. The number of hydrogen-bond acceptors (Lipinski definition) is 5. The molecule has 1 amide bonds. The minimum Gasteiger partial charge on any atom is -0.443 e. The van der Waals surface area contributed by atoms with Crippen molar-refractivity contribution in [3.63, 3.8) is 0 Å². The molecule has 1 rings (SSSR count). The number of carbonyl (C=O) groups is 1. The first-order chi connectivity index (χ1) is 11.1. The summed E-state index contributed by atoms with van der Waals surface area (Å²) in [5.74, 6) is 0. The second kappa shape index (κ2) is 8.65. The zero-order chi connectivity index (χ0) is 18.4. The van der Waals surface area contributed by atoms with Crippen molar-refractivity contribution in [3.8, 4) is 0 Å². The van der Waals surface area contributed by atoms with Crippen molar-refractivity contribution in [3.05, 3.63) is 29.8 Å². The second-order valence-corrected chi connectivity index (χ2v) is 8.69. The molecular weight excluding hydrogens is 329 g/mol. The largest absolute Gasteiger partial charge is 0.443 e. The lowest BCUT2D eigenvalue weighted by molar-refractivity contribution is 0.0589. The number of amides is 1. The summed E-state index contributed by atoms with van der Waals surface area (Å²) in [4.78, 5) is 13.5. The Morgan fingerprint density at radius 1 is 1.12 bits per heavy atom. The highest BCUT2D eigenvalue weighted by Crippen LogP contribution is 2.48. The third-order valence-corrected chi connectivity index (χ3v) is 5.08. The summed E-state index contributed by atoms with van der Waals surface area (Å²) in [6, 6.07) is 7.23. The van der Waals surface area contributed by atoms with Crippen molar-refractivity contribution in [2.75, 3.05) is 24.7 Å². The van der Waals surface area contributed by atoms with Crippen LogP contribution in [0.15, 0.2) is 24.3 Å². The summed E-state index contributed by atoms with van der Waals surface area (Å²) in [7, 11) is -1.37. The summed E-state index contributed by atoms with van der Waals surface area (Å²) in [6.45, 7) is 9.57. The van der Waals surface area contributed by atoms with E-state index < -0.39 is 19.3 Å². The average molecular weight is 357 g/mol. The molecular formula is C17H28NO5P. The van der Waals surface area contributed by atoms with E-state index in [1.807, 2.05) is 32.9 Å². The van der Waals surface area contributed by atoms with Crippen LogP contribution in [0.5, 0.6) is 0 Å². The fourth-order valence-electron chi connectivity index (χ4n) is 1.84. The minimum atomic E-state index is -3.02. The highest BCUT2D eigenvalue weighted by Gasteiger charge is 2.22. The number of anilines is 1. The molecule has 0 bridgehead atoms. The van der Waals surface area contributed by atoms with E-state index in [1.165, 1.54) is 4.90 Å². The lowest BCUT2D eigenvalue weighted by Crippen LogP contribution is -2.34. The van der Waals surface area contributed by atoms with Crippen LogP contribution >= 0.6 is 7.60 Å². The van der Waals surface area contributed by atoms with Gasteiger partial charge in [0.05, 0.1) is 13.2 Å². The predicted molar refractivity (Wildman–Crippen MR) is 95.6 cm³/mol. The van der Waals surface area contributed by atoms with Crippen molar-refractivity contribution in [2.24, 2.45) is 0 Å². The van der Waals surface area contributed by atoms with Crippen LogP contribution in [0.3, 0.4) is 0 Å². The van der Waals surface area contributed by atoms with Gasteiger partial charge in [-0.2, -0.15) is 0 Å². The Morgan fingerprint density at radius 3 is 2.17 bits per heavy atom. The zero-order valence-corrected chi connectivity index (χ0v) is 16.3. The molecule has 1 unspecified atom stereocenters. The van der Waals surface area contributed by atoms with Gasteiger partial charge in [0.1, 0.15) is 5.60 Å². The van der Waals surface area contributed by atoms with Gasteiger partial charge in [-0.15, -0.1) is 0 Å². The summed E-state index contributed by atoms with van der Waals surface area (Å²) in [5.41, 5.74) is 1.01. The summed E-state index contributed by atoms with van der Waals surface area (Å²) in [6.07, 6.45) is -0.0846. The maximum Gasteiger partial charge on any atom is 0.414 e. The summed E-state index contributed by atoms with van der Waals surface area (Å²) in [5, 5.41) is 0. The highest BCUT2D eigenvalue weighted by atomic mass is 31.2. The van der Waals surface area contributed by atoms with Gasteiger partial charge in [0.15, 0.2) is 0 Å². The quantitative estimate of drug-likeness (QED) is 0.654. The Kier molecular flexibility index (Phi) is 7.46. The van der Waals surface area contributed by atoms with Gasteiger partial charge in [-0.1, -0.05) is 19.1 Å². The Balaban J connectivity index is 2.69. The second-order valence-electron chi connectivity index (χ2n) is 6.32. The first-order valence-corrected chi connectivity index (χ1v) is 9.77. The summed E-state index contributed by atoms with van der Waals surface area (Å²) >= 11 is 0. The van der Waals surface area contributed by atoms with E-state index in [1.54, 1.807) is 33.0 Å². The molecule has 0 fully saturated rings. The predicted octanol–water partition coefficient (Wildman–Crippen LogP) is 4.82. The van der Waals surface area contributed by atoms with Crippen LogP contribution in [0.2, 0.25) is 0 Å². The first-order valence-electron chi connectivity index (χ1n) is 8.04. The van der Waals surface area contributed by atoms with Gasteiger partial charge in [0.25, 0.3) is 0 Å². The van der Waals surface area contributed by atoms with Crippen molar-refractivity contribution < 1.29 is 23.1 Å². The van der Waals surface area contributed by atoms with Crippen molar-refractivity contribution >= 4 is 19.4 Å². The van der Waals surface area contributed by atoms with Gasteiger partial charge in [-0.3, -0.25) is 9.46 Å². The molecule has 1 aromatic rings. The van der Waals surface area contributed by atoms with Crippen molar-refractivity contribution in [1.82, 2.24) is 0 Å². The molecule has 0 spiro atoms. The fourth-order valence-corrected chi connectivity index (χ4v) is 3.02. The Bertz CT molecular complexity index is 580. The molecule has 0 heterocycles. The molecule has 6 nitrogen and oxygen atoms in total. The Labute approximate surface area is 144 Å². The van der Waals surface area contributed by atoms with Gasteiger partial charge >= 0.3 is 13.7 Å². The van der Waals surface area contributed by atoms with Crippen molar-refractivity contribution in [1.29, 1.82) is 0 Å². The maximum absolute atomic E-state index is 12.2. The molecule has 0 aliphatic carbocycles. The number of hydrogen-bond donors (Lipinski definition) is 0. The van der Waals surface area contributed by atoms with E-state index in [-0.39, 0.29) is 6.61 Å². The Morgan fingerprint density at radius 2 is 1.71 bits per heavy atom. The van der Waals surface area contributed by atoms with E-state index in [0.29, 0.717) is 18.5 Å². The fraction of sp³-hybridized carbons (Fsp3) is 0.588. The highest BCUT2D eigenvalue weighted by molar-refractivity contribution is 7.53. The number of ether oxygens (including phenoxy) is 1. The van der Waals surface area contributed by atoms with Gasteiger partial charge in [0, 0.05) is 18.9 Å². The van der Waals surface area contributed by atoms with E-state index >= 15 is 0 Å². The molecule has 0 saturated heterocycles. The number of nitrogens with zero attached hydrogens (tertiary/aromatic N) is 1. The third-order valence-electron chi connectivity index (χ3n) is 3.13. The summed E-state index contributed by atoms with van der Waals surface area (Å²) < 4.78 is 28.2. The first kappa shape index (κ1) is 20.7. The molecule has 0 aliphatic rings. The molecule has 0 aromatic heterocycles. The van der Waals surface area contributed by atoms with Crippen LogP contribution in [0.1, 0.15) is 40.2 Å². The van der Waals surface area contributed by atoms with Gasteiger partial charge in [0.2, 0.25) is 0 Å². The van der Waals surface area contributed by atoms with Gasteiger partial charge in [-0.05, 0) is 45.4 Å². The third kappa shape index (κ3) is 6.63. The molecule has 0 aliphatic heterocycles. The smallest absolute Gasteiger partial charge is 0.414 e. The monoisotopic (exact) mass is 357 g/mol. The van der Waals surface area contributed by atoms with E-state index in [4.69, 9.17) is 13.8 Å². The molecule has 136 valence electrons. The van der Waals surface area contributed by atoms with E-state index in [0.717, 1.165) is 5.56 Å². The van der Waals surface area contributed by atoms with Gasteiger partial charge in [-0.25, -0.2) is 4.79 Å². The molecule has 1 atom stereocenters. The van der Waals surface area contributed by atoms with Crippen LogP contribution in [0.4, 0.5) is 10.5 Å². The van der Waals surface area contributed by atoms with E-state index in [2.05, 4.69) is 0 Å².